The van der Waals surface area contributed by atoms with Gasteiger partial charge < -0.3 is 20.4 Å². The first-order valence-electron chi connectivity index (χ1n) is 6.38. The molecule has 0 bridgehead atoms. The molecule has 1 aliphatic heterocycles. The van der Waals surface area contributed by atoms with E-state index in [1.54, 1.807) is 4.90 Å². The quantitative estimate of drug-likeness (QED) is 0.719. The number of carbonyl (C=O) groups is 2. The Balaban J connectivity index is 2.27. The molecule has 1 rings (SSSR count). The van der Waals surface area contributed by atoms with Gasteiger partial charge in [-0.1, -0.05) is 0 Å². The Morgan fingerprint density at radius 1 is 1.50 bits per heavy atom. The number of amides is 3. The average Bonchev–Trinajstić information content (AvgIpc) is 2.58. The van der Waals surface area contributed by atoms with Gasteiger partial charge in [0.25, 0.3) is 0 Å². The Labute approximate surface area is 109 Å². The molecule has 1 unspecified atom stereocenters. The molecule has 1 saturated heterocycles. The van der Waals surface area contributed by atoms with Gasteiger partial charge in [0.1, 0.15) is 0 Å². The van der Waals surface area contributed by atoms with Crippen molar-refractivity contribution in [3.63, 3.8) is 0 Å². The summed E-state index contributed by atoms with van der Waals surface area (Å²) in [7, 11) is 3.91. The van der Waals surface area contributed by atoms with E-state index >= 15 is 0 Å². The zero-order valence-electron chi connectivity index (χ0n) is 11.7. The SMILES string of the molecule is CC(C)N1CC(NC(=O)NCCN(C)C)CC1=O. The van der Waals surface area contributed by atoms with Crippen LogP contribution in [0.3, 0.4) is 0 Å². The van der Waals surface area contributed by atoms with E-state index in [1.165, 1.54) is 0 Å². The fraction of sp³-hybridized carbons (Fsp3) is 0.833. The first kappa shape index (κ1) is 14.8. The zero-order valence-corrected chi connectivity index (χ0v) is 11.7. The molecule has 0 aliphatic carbocycles. The number of hydrogen-bond donors (Lipinski definition) is 2. The second kappa shape index (κ2) is 6.58. The first-order chi connectivity index (χ1) is 8.40. The molecule has 3 amide bonds. The van der Waals surface area contributed by atoms with Crippen LogP contribution < -0.4 is 10.6 Å². The molecule has 6 nitrogen and oxygen atoms in total. The van der Waals surface area contributed by atoms with Crippen molar-refractivity contribution in [2.75, 3.05) is 33.7 Å². The number of likely N-dealkylation sites (tertiary alicyclic amines) is 1. The number of likely N-dealkylation sites (N-methyl/N-ethyl adjacent to an activating group) is 1. The maximum absolute atomic E-state index is 11.7. The van der Waals surface area contributed by atoms with Crippen molar-refractivity contribution in [1.29, 1.82) is 0 Å². The van der Waals surface area contributed by atoms with Crippen LogP contribution in [0, 0.1) is 0 Å². The highest BCUT2D eigenvalue weighted by Gasteiger charge is 2.31. The number of rotatable bonds is 5. The monoisotopic (exact) mass is 256 g/mol. The van der Waals surface area contributed by atoms with Gasteiger partial charge in [-0.15, -0.1) is 0 Å². The minimum absolute atomic E-state index is 0.0701. The first-order valence-corrected chi connectivity index (χ1v) is 6.38. The maximum atomic E-state index is 11.7. The Bertz CT molecular complexity index is 304. The molecule has 18 heavy (non-hydrogen) atoms. The van der Waals surface area contributed by atoms with Crippen molar-refractivity contribution in [1.82, 2.24) is 20.4 Å². The van der Waals surface area contributed by atoms with E-state index in [0.29, 0.717) is 19.5 Å². The highest BCUT2D eigenvalue weighted by atomic mass is 16.2. The zero-order chi connectivity index (χ0) is 13.7. The van der Waals surface area contributed by atoms with Crippen LogP contribution in [-0.4, -0.2) is 67.6 Å². The standard InChI is InChI=1S/C12H24N4O2/c1-9(2)16-8-10(7-11(16)17)14-12(18)13-5-6-15(3)4/h9-10H,5-8H2,1-4H3,(H2,13,14,18). The Kier molecular flexibility index (Phi) is 5.40. The molecule has 0 spiro atoms. The van der Waals surface area contributed by atoms with Crippen LogP contribution in [-0.2, 0) is 4.79 Å². The topological polar surface area (TPSA) is 64.7 Å². The molecule has 6 heteroatoms. The molecule has 2 N–H and O–H groups in total. The lowest BCUT2D eigenvalue weighted by atomic mass is 10.2. The molecule has 1 fully saturated rings. The van der Waals surface area contributed by atoms with Gasteiger partial charge in [0.05, 0.1) is 6.04 Å². The van der Waals surface area contributed by atoms with Crippen LogP contribution >= 0.6 is 0 Å². The summed E-state index contributed by atoms with van der Waals surface area (Å²) in [6.45, 7) is 5.98. The van der Waals surface area contributed by atoms with Gasteiger partial charge in [0, 0.05) is 32.1 Å². The molecule has 1 heterocycles. The van der Waals surface area contributed by atoms with Gasteiger partial charge in [0.15, 0.2) is 0 Å². The van der Waals surface area contributed by atoms with E-state index in [2.05, 4.69) is 10.6 Å². The normalized spacial score (nSPS) is 19.8. The van der Waals surface area contributed by atoms with E-state index in [-0.39, 0.29) is 24.0 Å². The summed E-state index contributed by atoms with van der Waals surface area (Å²) < 4.78 is 0. The molecular weight excluding hydrogens is 232 g/mol. The lowest BCUT2D eigenvalue weighted by Crippen LogP contribution is -2.45. The molecule has 0 aromatic heterocycles. The molecule has 1 atom stereocenters. The van der Waals surface area contributed by atoms with Crippen molar-refractivity contribution in [3.05, 3.63) is 0 Å². The van der Waals surface area contributed by atoms with Gasteiger partial charge in [0.2, 0.25) is 5.91 Å². The van der Waals surface area contributed by atoms with Crippen molar-refractivity contribution >= 4 is 11.9 Å². The largest absolute Gasteiger partial charge is 0.338 e. The van der Waals surface area contributed by atoms with Crippen molar-refractivity contribution in [2.45, 2.75) is 32.4 Å². The predicted octanol–water partition coefficient (Wildman–Crippen LogP) is -0.143. The fourth-order valence-corrected chi connectivity index (χ4v) is 1.96. The van der Waals surface area contributed by atoms with Crippen LogP contribution in [0.4, 0.5) is 4.79 Å². The second-order valence-corrected chi connectivity index (χ2v) is 5.24. The number of nitrogens with zero attached hydrogens (tertiary/aromatic N) is 2. The second-order valence-electron chi connectivity index (χ2n) is 5.24. The Morgan fingerprint density at radius 2 is 2.17 bits per heavy atom. The Morgan fingerprint density at radius 3 is 2.67 bits per heavy atom. The van der Waals surface area contributed by atoms with Gasteiger partial charge >= 0.3 is 6.03 Å². The van der Waals surface area contributed by atoms with Gasteiger partial charge in [-0.05, 0) is 27.9 Å². The summed E-state index contributed by atoms with van der Waals surface area (Å²) in [5.41, 5.74) is 0. The minimum Gasteiger partial charge on any atom is -0.338 e. The molecule has 1 aliphatic rings. The summed E-state index contributed by atoms with van der Waals surface area (Å²) in [6, 6.07) is -0.0689. The number of hydrogen-bond acceptors (Lipinski definition) is 3. The number of urea groups is 1. The van der Waals surface area contributed by atoms with E-state index in [9.17, 15) is 9.59 Å². The van der Waals surface area contributed by atoms with E-state index < -0.39 is 0 Å². The lowest BCUT2D eigenvalue weighted by Gasteiger charge is -2.21. The third-order valence-corrected chi connectivity index (χ3v) is 2.96. The van der Waals surface area contributed by atoms with Crippen LogP contribution in [0.1, 0.15) is 20.3 Å². The summed E-state index contributed by atoms with van der Waals surface area (Å²) in [5, 5.41) is 5.62. The van der Waals surface area contributed by atoms with Crippen molar-refractivity contribution in [2.24, 2.45) is 0 Å². The molecule has 0 aromatic rings. The fourth-order valence-electron chi connectivity index (χ4n) is 1.96. The highest BCUT2D eigenvalue weighted by Crippen LogP contribution is 2.13. The molecule has 0 radical (unpaired) electrons. The van der Waals surface area contributed by atoms with E-state index in [4.69, 9.17) is 0 Å². The molecular formula is C12H24N4O2. The van der Waals surface area contributed by atoms with Crippen LogP contribution in [0.5, 0.6) is 0 Å². The smallest absolute Gasteiger partial charge is 0.315 e. The number of carbonyl (C=O) groups excluding carboxylic acids is 2. The van der Waals surface area contributed by atoms with Crippen molar-refractivity contribution < 1.29 is 9.59 Å². The van der Waals surface area contributed by atoms with Crippen LogP contribution in [0.25, 0.3) is 0 Å². The van der Waals surface area contributed by atoms with Gasteiger partial charge in [-0.3, -0.25) is 4.79 Å². The van der Waals surface area contributed by atoms with Gasteiger partial charge in [-0.2, -0.15) is 0 Å². The lowest BCUT2D eigenvalue weighted by molar-refractivity contribution is -0.129. The number of nitrogens with one attached hydrogen (secondary N) is 2. The molecule has 0 aromatic carbocycles. The Hall–Kier alpha value is -1.30. The molecule has 104 valence electrons. The predicted molar refractivity (Wildman–Crippen MR) is 70.3 cm³/mol. The summed E-state index contributed by atoms with van der Waals surface area (Å²) >= 11 is 0. The van der Waals surface area contributed by atoms with Crippen LogP contribution in [0.2, 0.25) is 0 Å². The van der Waals surface area contributed by atoms with Crippen LogP contribution in [0.15, 0.2) is 0 Å². The molecule has 0 saturated carbocycles. The van der Waals surface area contributed by atoms with Gasteiger partial charge in [-0.25, -0.2) is 4.79 Å². The third kappa shape index (κ3) is 4.52. The summed E-state index contributed by atoms with van der Waals surface area (Å²) in [4.78, 5) is 27.0. The highest BCUT2D eigenvalue weighted by molar-refractivity contribution is 5.81. The van der Waals surface area contributed by atoms with E-state index in [0.717, 1.165) is 6.54 Å². The minimum atomic E-state index is -0.194. The summed E-state index contributed by atoms with van der Waals surface area (Å²) in [6.07, 6.45) is 0.402. The van der Waals surface area contributed by atoms with Crippen molar-refractivity contribution in [3.8, 4) is 0 Å². The maximum Gasteiger partial charge on any atom is 0.315 e. The third-order valence-electron chi connectivity index (χ3n) is 2.96. The average molecular weight is 256 g/mol. The summed E-state index contributed by atoms with van der Waals surface area (Å²) in [5.74, 6) is 0.114. The van der Waals surface area contributed by atoms with E-state index in [1.807, 2.05) is 32.8 Å².